The molecule has 1 aromatic carbocycles. The summed E-state index contributed by atoms with van der Waals surface area (Å²) in [6.07, 6.45) is 3.63. The van der Waals surface area contributed by atoms with Crippen LogP contribution in [-0.2, 0) is 0 Å². The van der Waals surface area contributed by atoms with Crippen LogP contribution < -0.4 is 15.0 Å². The summed E-state index contributed by atoms with van der Waals surface area (Å²) in [5.41, 5.74) is 0.684. The van der Waals surface area contributed by atoms with Crippen molar-refractivity contribution in [3.63, 3.8) is 0 Å². The smallest absolute Gasteiger partial charge is 0.146 e. The number of anilines is 1. The van der Waals surface area contributed by atoms with Crippen LogP contribution in [-0.4, -0.2) is 32.3 Å². The summed E-state index contributed by atoms with van der Waals surface area (Å²) in [5.74, 6) is 1.35. The zero-order chi connectivity index (χ0) is 14.1. The molecule has 0 radical (unpaired) electrons. The number of hydrogen-bond donors (Lipinski definition) is 1. The standard InChI is InChI=1S/C16H23FN2O/c1-3-12-9-18-15(11-4-5-11)10-19(12)16-8-13(20-2)6-7-14(16)17/h6-8,11-12,15,18H,3-5,9-10H2,1-2H3. The van der Waals surface area contributed by atoms with E-state index < -0.39 is 0 Å². The Morgan fingerprint density at radius 3 is 2.85 bits per heavy atom. The third-order valence-electron chi connectivity index (χ3n) is 4.57. The molecular formula is C16H23FN2O. The van der Waals surface area contributed by atoms with Crippen LogP contribution in [0.4, 0.5) is 10.1 Å². The monoisotopic (exact) mass is 278 g/mol. The van der Waals surface area contributed by atoms with E-state index in [4.69, 9.17) is 4.74 Å². The fraction of sp³-hybridized carbons (Fsp3) is 0.625. The third kappa shape index (κ3) is 2.62. The van der Waals surface area contributed by atoms with Gasteiger partial charge in [0.2, 0.25) is 0 Å². The molecule has 1 aliphatic carbocycles. The maximum atomic E-state index is 14.2. The summed E-state index contributed by atoms with van der Waals surface area (Å²) in [5, 5.41) is 3.63. The van der Waals surface area contributed by atoms with Crippen molar-refractivity contribution >= 4 is 5.69 Å². The van der Waals surface area contributed by atoms with Crippen LogP contribution in [0, 0.1) is 11.7 Å². The van der Waals surface area contributed by atoms with Crippen molar-refractivity contribution < 1.29 is 9.13 Å². The molecule has 1 aromatic rings. The number of nitrogens with one attached hydrogen (secondary N) is 1. The highest BCUT2D eigenvalue weighted by atomic mass is 19.1. The van der Waals surface area contributed by atoms with Crippen LogP contribution in [0.3, 0.4) is 0 Å². The Kier molecular flexibility index (Phi) is 3.83. The van der Waals surface area contributed by atoms with E-state index in [0.29, 0.717) is 17.8 Å². The maximum absolute atomic E-state index is 14.2. The van der Waals surface area contributed by atoms with Gasteiger partial charge in [-0.2, -0.15) is 0 Å². The molecule has 1 N–H and O–H groups in total. The highest BCUT2D eigenvalue weighted by molar-refractivity contribution is 5.53. The number of nitrogens with zero attached hydrogens (tertiary/aromatic N) is 1. The van der Waals surface area contributed by atoms with Gasteiger partial charge >= 0.3 is 0 Å². The van der Waals surface area contributed by atoms with E-state index in [2.05, 4.69) is 17.1 Å². The van der Waals surface area contributed by atoms with Crippen LogP contribution in [0.5, 0.6) is 5.75 Å². The SMILES string of the molecule is CCC1CNC(C2CC2)CN1c1cc(OC)ccc1F. The first-order valence-corrected chi connectivity index (χ1v) is 7.56. The predicted molar refractivity (Wildman–Crippen MR) is 78.9 cm³/mol. The summed E-state index contributed by atoms with van der Waals surface area (Å²) in [7, 11) is 1.62. The minimum atomic E-state index is -0.152. The zero-order valence-corrected chi connectivity index (χ0v) is 12.2. The van der Waals surface area contributed by atoms with Gasteiger partial charge in [0.15, 0.2) is 0 Å². The minimum Gasteiger partial charge on any atom is -0.497 e. The summed E-state index contributed by atoms with van der Waals surface area (Å²) < 4.78 is 19.5. The molecule has 2 unspecified atom stereocenters. The van der Waals surface area contributed by atoms with Gasteiger partial charge in [0.25, 0.3) is 0 Å². The Labute approximate surface area is 120 Å². The van der Waals surface area contributed by atoms with E-state index in [-0.39, 0.29) is 5.82 Å². The molecule has 1 heterocycles. The highest BCUT2D eigenvalue weighted by Crippen LogP contribution is 2.36. The van der Waals surface area contributed by atoms with Gasteiger partial charge < -0.3 is 15.0 Å². The summed E-state index contributed by atoms with van der Waals surface area (Å²) >= 11 is 0. The molecule has 0 bridgehead atoms. The van der Waals surface area contributed by atoms with Gasteiger partial charge in [-0.25, -0.2) is 4.39 Å². The number of hydrogen-bond acceptors (Lipinski definition) is 3. The van der Waals surface area contributed by atoms with Gasteiger partial charge in [0.05, 0.1) is 12.8 Å². The van der Waals surface area contributed by atoms with Crippen molar-refractivity contribution in [3.8, 4) is 5.75 Å². The van der Waals surface area contributed by atoms with Gasteiger partial charge in [0.1, 0.15) is 11.6 Å². The van der Waals surface area contributed by atoms with Crippen LogP contribution >= 0.6 is 0 Å². The lowest BCUT2D eigenvalue weighted by Crippen LogP contribution is -2.57. The molecule has 2 aliphatic rings. The average Bonchev–Trinajstić information content (AvgIpc) is 3.32. The summed E-state index contributed by atoms with van der Waals surface area (Å²) in [6.45, 7) is 4.00. The molecule has 1 aliphatic heterocycles. The van der Waals surface area contributed by atoms with Crippen molar-refractivity contribution in [1.29, 1.82) is 0 Å². The lowest BCUT2D eigenvalue weighted by Gasteiger charge is -2.42. The van der Waals surface area contributed by atoms with Crippen LogP contribution in [0.2, 0.25) is 0 Å². The van der Waals surface area contributed by atoms with E-state index in [1.165, 1.54) is 18.9 Å². The minimum absolute atomic E-state index is 0.152. The van der Waals surface area contributed by atoms with E-state index in [1.54, 1.807) is 13.2 Å². The van der Waals surface area contributed by atoms with Crippen molar-refractivity contribution in [3.05, 3.63) is 24.0 Å². The Balaban J connectivity index is 1.87. The molecule has 2 atom stereocenters. The Morgan fingerprint density at radius 2 is 2.20 bits per heavy atom. The number of ether oxygens (including phenoxy) is 1. The second-order valence-electron chi connectivity index (χ2n) is 5.88. The molecule has 4 heteroatoms. The third-order valence-corrected chi connectivity index (χ3v) is 4.57. The molecule has 1 saturated heterocycles. The number of halogens is 1. The van der Waals surface area contributed by atoms with Gasteiger partial charge in [-0.15, -0.1) is 0 Å². The fourth-order valence-corrected chi connectivity index (χ4v) is 3.14. The number of methoxy groups -OCH3 is 1. The molecule has 3 nitrogen and oxygen atoms in total. The van der Waals surface area contributed by atoms with Gasteiger partial charge in [-0.3, -0.25) is 0 Å². The first-order valence-electron chi connectivity index (χ1n) is 7.56. The Morgan fingerprint density at radius 1 is 1.40 bits per heavy atom. The van der Waals surface area contributed by atoms with Gasteiger partial charge in [-0.1, -0.05) is 6.92 Å². The molecule has 110 valence electrons. The maximum Gasteiger partial charge on any atom is 0.146 e. The van der Waals surface area contributed by atoms with Gasteiger partial charge in [-0.05, 0) is 37.3 Å². The largest absolute Gasteiger partial charge is 0.497 e. The first-order chi connectivity index (χ1) is 9.72. The molecule has 0 spiro atoms. The molecule has 0 aromatic heterocycles. The molecule has 1 saturated carbocycles. The lowest BCUT2D eigenvalue weighted by atomic mass is 10.0. The van der Waals surface area contributed by atoms with Crippen LogP contribution in [0.1, 0.15) is 26.2 Å². The van der Waals surface area contributed by atoms with Crippen LogP contribution in [0.15, 0.2) is 18.2 Å². The quantitative estimate of drug-likeness (QED) is 0.916. The van der Waals surface area contributed by atoms with E-state index >= 15 is 0 Å². The van der Waals surface area contributed by atoms with Crippen molar-refractivity contribution in [2.75, 3.05) is 25.1 Å². The molecular weight excluding hydrogens is 255 g/mol. The first kappa shape index (κ1) is 13.7. The van der Waals surface area contributed by atoms with E-state index in [1.807, 2.05) is 6.07 Å². The Bertz CT molecular complexity index is 476. The average molecular weight is 278 g/mol. The normalized spacial score (nSPS) is 26.6. The summed E-state index contributed by atoms with van der Waals surface area (Å²) in [4.78, 5) is 2.23. The molecule has 3 rings (SSSR count). The topological polar surface area (TPSA) is 24.5 Å². The number of rotatable bonds is 4. The number of piperazine rings is 1. The van der Waals surface area contributed by atoms with Crippen molar-refractivity contribution in [1.82, 2.24) is 5.32 Å². The fourth-order valence-electron chi connectivity index (χ4n) is 3.14. The molecule has 0 amide bonds. The van der Waals surface area contributed by atoms with Crippen LogP contribution in [0.25, 0.3) is 0 Å². The van der Waals surface area contributed by atoms with Gasteiger partial charge in [0, 0.05) is 31.2 Å². The number of benzene rings is 1. The Hall–Kier alpha value is -1.29. The van der Waals surface area contributed by atoms with E-state index in [9.17, 15) is 4.39 Å². The second-order valence-corrected chi connectivity index (χ2v) is 5.88. The molecule has 20 heavy (non-hydrogen) atoms. The van der Waals surface area contributed by atoms with Crippen molar-refractivity contribution in [2.24, 2.45) is 5.92 Å². The summed E-state index contributed by atoms with van der Waals surface area (Å²) in [6, 6.07) is 5.87. The van der Waals surface area contributed by atoms with E-state index in [0.717, 1.165) is 31.2 Å². The molecule has 2 fully saturated rings. The second kappa shape index (κ2) is 5.60. The zero-order valence-electron chi connectivity index (χ0n) is 12.2. The highest BCUT2D eigenvalue weighted by Gasteiger charge is 2.37. The lowest BCUT2D eigenvalue weighted by molar-refractivity contribution is 0.356. The predicted octanol–water partition coefficient (Wildman–Crippen LogP) is 2.80. The van der Waals surface area contributed by atoms with Crippen molar-refractivity contribution in [2.45, 2.75) is 38.3 Å².